The van der Waals surface area contributed by atoms with Gasteiger partial charge in [0, 0.05) is 24.1 Å². The highest BCUT2D eigenvalue weighted by molar-refractivity contribution is 6.06. The fourth-order valence-corrected chi connectivity index (χ4v) is 5.51. The number of ether oxygens (including phenoxy) is 1. The van der Waals surface area contributed by atoms with Crippen LogP contribution in [-0.2, 0) is 14.3 Å². The minimum atomic E-state index is -0.622. The van der Waals surface area contributed by atoms with Gasteiger partial charge in [-0.05, 0) is 53.6 Å². The Kier molecular flexibility index (Phi) is 7.14. The number of Topliss-reactive ketones (excluding diaryl/α,β-unsaturated/α-hetero) is 1. The number of anilines is 2. The summed E-state index contributed by atoms with van der Waals surface area (Å²) in [6.07, 6.45) is 1.36. The maximum absolute atomic E-state index is 14.0. The van der Waals surface area contributed by atoms with Crippen LogP contribution in [0, 0.1) is 5.92 Å². The summed E-state index contributed by atoms with van der Waals surface area (Å²) in [5.74, 6) is -0.280. The second-order valence-corrected chi connectivity index (χ2v) is 10.4. The number of nitrogens with zero attached hydrogens (tertiary/aromatic N) is 1. The van der Waals surface area contributed by atoms with Crippen molar-refractivity contribution in [3.8, 4) is 0 Å². The number of carbonyl (C=O) groups is 3. The number of rotatable bonds is 5. The molecule has 0 saturated heterocycles. The van der Waals surface area contributed by atoms with Crippen LogP contribution < -0.4 is 10.2 Å². The first-order valence-electron chi connectivity index (χ1n) is 13.0. The summed E-state index contributed by atoms with van der Waals surface area (Å²) in [6, 6.07) is 24.2. The molecule has 0 fully saturated rings. The van der Waals surface area contributed by atoms with E-state index in [4.69, 9.17) is 4.74 Å². The Balaban J connectivity index is 1.69. The van der Waals surface area contributed by atoms with Gasteiger partial charge in [-0.25, -0.2) is 4.79 Å². The van der Waals surface area contributed by atoms with Gasteiger partial charge in [0.05, 0.1) is 30.1 Å². The molecule has 6 heteroatoms. The van der Waals surface area contributed by atoms with Crippen LogP contribution in [0.4, 0.5) is 11.4 Å². The summed E-state index contributed by atoms with van der Waals surface area (Å²) in [6.45, 7) is 4.03. The SMILES string of the molecule is COC(=O)c1ccc([C@H]2C3=C(C[C@H](c4ccccc4)CC3=O)Nc3ccccc3N2C(=O)CC(C)C)cc1. The summed E-state index contributed by atoms with van der Waals surface area (Å²) in [5.41, 5.74) is 5.29. The third-order valence-electron chi connectivity index (χ3n) is 7.26. The van der Waals surface area contributed by atoms with E-state index in [0.717, 1.165) is 28.2 Å². The Bertz CT molecular complexity index is 1390. The van der Waals surface area contributed by atoms with Gasteiger partial charge in [0.15, 0.2) is 5.78 Å². The predicted molar refractivity (Wildman–Crippen MR) is 148 cm³/mol. The maximum Gasteiger partial charge on any atom is 0.337 e. The molecular weight excluding hydrogens is 476 g/mol. The van der Waals surface area contributed by atoms with Crippen LogP contribution in [-0.4, -0.2) is 24.8 Å². The molecule has 2 atom stereocenters. The van der Waals surface area contributed by atoms with Crippen LogP contribution in [0.25, 0.3) is 0 Å². The molecule has 1 aliphatic heterocycles. The molecule has 5 rings (SSSR count). The minimum Gasteiger partial charge on any atom is -0.465 e. The zero-order valence-electron chi connectivity index (χ0n) is 21.9. The molecule has 1 aliphatic carbocycles. The number of esters is 1. The lowest BCUT2D eigenvalue weighted by molar-refractivity contribution is -0.119. The molecular formula is C32H32N2O4. The van der Waals surface area contributed by atoms with Crippen LogP contribution in [0.1, 0.15) is 66.6 Å². The number of ketones is 1. The van der Waals surface area contributed by atoms with Gasteiger partial charge in [-0.3, -0.25) is 14.5 Å². The number of para-hydroxylation sites is 2. The van der Waals surface area contributed by atoms with Crippen molar-refractivity contribution in [1.29, 1.82) is 0 Å². The van der Waals surface area contributed by atoms with Crippen molar-refractivity contribution < 1.29 is 19.1 Å². The average Bonchev–Trinajstić information content (AvgIpc) is 3.07. The fraction of sp³-hybridized carbons (Fsp3) is 0.281. The molecule has 3 aromatic carbocycles. The molecule has 194 valence electrons. The zero-order valence-corrected chi connectivity index (χ0v) is 21.9. The molecule has 1 amide bonds. The molecule has 3 aromatic rings. The number of hydrogen-bond donors (Lipinski definition) is 1. The lowest BCUT2D eigenvalue weighted by atomic mass is 9.78. The molecule has 0 spiro atoms. The van der Waals surface area contributed by atoms with Crippen molar-refractivity contribution in [2.24, 2.45) is 5.92 Å². The first-order valence-corrected chi connectivity index (χ1v) is 13.0. The van der Waals surface area contributed by atoms with E-state index in [-0.39, 0.29) is 23.5 Å². The van der Waals surface area contributed by atoms with E-state index in [9.17, 15) is 14.4 Å². The third-order valence-corrected chi connectivity index (χ3v) is 7.26. The first kappa shape index (κ1) is 25.5. The lowest BCUT2D eigenvalue weighted by Crippen LogP contribution is -2.39. The number of fused-ring (bicyclic) bond motifs is 1. The number of hydrogen-bond acceptors (Lipinski definition) is 5. The van der Waals surface area contributed by atoms with Gasteiger partial charge in [-0.2, -0.15) is 0 Å². The highest BCUT2D eigenvalue weighted by Crippen LogP contribution is 2.47. The highest BCUT2D eigenvalue weighted by Gasteiger charge is 2.41. The average molecular weight is 509 g/mol. The van der Waals surface area contributed by atoms with E-state index in [2.05, 4.69) is 17.4 Å². The topological polar surface area (TPSA) is 75.7 Å². The normalized spacial score (nSPS) is 18.8. The van der Waals surface area contributed by atoms with E-state index in [0.29, 0.717) is 30.4 Å². The van der Waals surface area contributed by atoms with Crippen LogP contribution in [0.3, 0.4) is 0 Å². The molecule has 0 saturated carbocycles. The Morgan fingerprint density at radius 3 is 2.29 bits per heavy atom. The Hall–Kier alpha value is -4.19. The largest absolute Gasteiger partial charge is 0.465 e. The van der Waals surface area contributed by atoms with E-state index in [1.165, 1.54) is 7.11 Å². The van der Waals surface area contributed by atoms with Gasteiger partial charge in [-0.15, -0.1) is 0 Å². The van der Waals surface area contributed by atoms with Gasteiger partial charge < -0.3 is 10.1 Å². The van der Waals surface area contributed by atoms with Crippen LogP contribution in [0.15, 0.2) is 90.1 Å². The summed E-state index contributed by atoms with van der Waals surface area (Å²) in [7, 11) is 1.34. The monoisotopic (exact) mass is 508 g/mol. The second-order valence-electron chi connectivity index (χ2n) is 10.4. The molecule has 1 heterocycles. The quantitative estimate of drug-likeness (QED) is 0.403. The summed E-state index contributed by atoms with van der Waals surface area (Å²) >= 11 is 0. The van der Waals surface area contributed by atoms with Crippen LogP contribution >= 0.6 is 0 Å². The van der Waals surface area contributed by atoms with E-state index in [1.54, 1.807) is 17.0 Å². The molecule has 38 heavy (non-hydrogen) atoms. The number of allylic oxidation sites excluding steroid dienone is 1. The standard InChI is InChI=1S/C32H32N2O4/c1-20(2)17-29(36)34-27-12-8-7-11-25(27)33-26-18-24(21-9-5-4-6-10-21)19-28(35)30(26)31(34)22-13-15-23(16-14-22)32(37)38-3/h4-16,20,24,31,33H,17-19H2,1-3H3/t24-,31-/m0/s1. The number of amides is 1. The van der Waals surface area contributed by atoms with Crippen molar-refractivity contribution in [3.05, 3.63) is 107 Å². The smallest absolute Gasteiger partial charge is 0.337 e. The minimum absolute atomic E-state index is 0.0183. The summed E-state index contributed by atoms with van der Waals surface area (Å²) in [4.78, 5) is 41.8. The molecule has 0 aromatic heterocycles. The Labute approximate surface area is 223 Å². The molecule has 2 aliphatic rings. The zero-order chi connectivity index (χ0) is 26.8. The second kappa shape index (κ2) is 10.7. The van der Waals surface area contributed by atoms with Gasteiger partial charge in [0.2, 0.25) is 5.91 Å². The first-order chi connectivity index (χ1) is 18.4. The number of benzene rings is 3. The summed E-state index contributed by atoms with van der Waals surface area (Å²) in [5, 5.41) is 3.56. The van der Waals surface area contributed by atoms with Gasteiger partial charge in [0.1, 0.15) is 0 Å². The van der Waals surface area contributed by atoms with Crippen molar-refractivity contribution in [3.63, 3.8) is 0 Å². The van der Waals surface area contributed by atoms with Crippen molar-refractivity contribution in [1.82, 2.24) is 0 Å². The van der Waals surface area contributed by atoms with E-state index < -0.39 is 12.0 Å². The molecule has 6 nitrogen and oxygen atoms in total. The number of carbonyl (C=O) groups excluding carboxylic acids is 3. The Morgan fingerprint density at radius 1 is 0.921 bits per heavy atom. The van der Waals surface area contributed by atoms with E-state index in [1.807, 2.05) is 68.4 Å². The Morgan fingerprint density at radius 2 is 1.61 bits per heavy atom. The molecule has 0 radical (unpaired) electrons. The fourth-order valence-electron chi connectivity index (χ4n) is 5.51. The van der Waals surface area contributed by atoms with Gasteiger partial charge >= 0.3 is 5.97 Å². The number of methoxy groups -OCH3 is 1. The van der Waals surface area contributed by atoms with Gasteiger partial charge in [0.25, 0.3) is 0 Å². The third kappa shape index (κ3) is 4.86. The van der Waals surface area contributed by atoms with Crippen molar-refractivity contribution >= 4 is 29.0 Å². The van der Waals surface area contributed by atoms with Crippen LogP contribution in [0.5, 0.6) is 0 Å². The molecule has 1 N–H and O–H groups in total. The van der Waals surface area contributed by atoms with Crippen LogP contribution in [0.2, 0.25) is 0 Å². The lowest BCUT2D eigenvalue weighted by Gasteiger charge is -2.35. The predicted octanol–water partition coefficient (Wildman–Crippen LogP) is 6.42. The molecule has 0 unspecified atom stereocenters. The van der Waals surface area contributed by atoms with Crippen molar-refractivity contribution in [2.45, 2.75) is 45.1 Å². The maximum atomic E-state index is 14.0. The number of nitrogens with one attached hydrogen (secondary N) is 1. The van der Waals surface area contributed by atoms with Crippen molar-refractivity contribution in [2.75, 3.05) is 17.3 Å². The molecule has 0 bridgehead atoms. The van der Waals surface area contributed by atoms with Gasteiger partial charge in [-0.1, -0.05) is 68.4 Å². The summed E-state index contributed by atoms with van der Waals surface area (Å²) < 4.78 is 4.87. The van der Waals surface area contributed by atoms with E-state index >= 15 is 0 Å². The highest BCUT2D eigenvalue weighted by atomic mass is 16.5.